The average Bonchev–Trinajstić information content (AvgIpc) is 2.35. The van der Waals surface area contributed by atoms with E-state index in [9.17, 15) is 9.59 Å². The molecule has 2 amide bonds. The number of carbonyl (C=O) groups is 2. The third-order valence-corrected chi connectivity index (χ3v) is 3.16. The van der Waals surface area contributed by atoms with Gasteiger partial charge in [-0.25, -0.2) is 9.59 Å². The molecule has 1 atom stereocenters. The minimum Gasteiger partial charge on any atom is -0.480 e. The summed E-state index contributed by atoms with van der Waals surface area (Å²) in [5.41, 5.74) is 0. The van der Waals surface area contributed by atoms with Gasteiger partial charge < -0.3 is 20.4 Å². The summed E-state index contributed by atoms with van der Waals surface area (Å²) in [7, 11) is 0. The number of carbonyl (C=O) groups excluding carboxylic acids is 1. The van der Waals surface area contributed by atoms with Crippen LogP contribution in [0.4, 0.5) is 4.79 Å². The lowest BCUT2D eigenvalue weighted by atomic mass is 9.98. The molecule has 1 aliphatic heterocycles. The first-order valence-corrected chi connectivity index (χ1v) is 5.97. The number of piperidine rings is 1. The predicted molar refractivity (Wildman–Crippen MR) is 61.6 cm³/mol. The first-order valence-electron chi connectivity index (χ1n) is 5.97. The van der Waals surface area contributed by atoms with Gasteiger partial charge in [-0.15, -0.1) is 0 Å². The van der Waals surface area contributed by atoms with Gasteiger partial charge in [0, 0.05) is 19.7 Å². The molecule has 98 valence electrons. The van der Waals surface area contributed by atoms with Crippen molar-refractivity contribution >= 4 is 12.0 Å². The zero-order valence-electron chi connectivity index (χ0n) is 10.1. The van der Waals surface area contributed by atoms with Crippen LogP contribution in [-0.4, -0.2) is 52.9 Å². The van der Waals surface area contributed by atoms with Gasteiger partial charge in [0.25, 0.3) is 0 Å². The van der Waals surface area contributed by atoms with Gasteiger partial charge in [-0.3, -0.25) is 0 Å². The minimum atomic E-state index is -1.01. The van der Waals surface area contributed by atoms with E-state index in [1.54, 1.807) is 11.8 Å². The highest BCUT2D eigenvalue weighted by Gasteiger charge is 2.25. The van der Waals surface area contributed by atoms with E-state index in [1.165, 1.54) is 0 Å². The topological polar surface area (TPSA) is 89.9 Å². The van der Waals surface area contributed by atoms with Gasteiger partial charge in [-0.2, -0.15) is 0 Å². The number of likely N-dealkylation sites (tertiary alicyclic amines) is 1. The quantitative estimate of drug-likeness (QED) is 0.662. The molecule has 1 saturated heterocycles. The molecule has 1 heterocycles. The summed E-state index contributed by atoms with van der Waals surface area (Å²) < 4.78 is 0. The summed E-state index contributed by atoms with van der Waals surface area (Å²) >= 11 is 0. The van der Waals surface area contributed by atoms with Crippen molar-refractivity contribution in [3.63, 3.8) is 0 Å². The monoisotopic (exact) mass is 244 g/mol. The summed E-state index contributed by atoms with van der Waals surface area (Å²) in [5, 5.41) is 20.3. The number of nitrogens with zero attached hydrogens (tertiary/aromatic N) is 1. The Bertz CT molecular complexity index is 275. The fraction of sp³-hybridized carbons (Fsp3) is 0.818. The number of rotatable bonds is 4. The second-order valence-electron chi connectivity index (χ2n) is 4.36. The molecule has 0 aromatic heterocycles. The highest BCUT2D eigenvalue weighted by Crippen LogP contribution is 2.16. The van der Waals surface area contributed by atoms with Gasteiger partial charge in [0.05, 0.1) is 0 Å². The number of hydrogen-bond donors (Lipinski definition) is 3. The standard InChI is InChI=1S/C11H20N2O4/c1-2-9(10(15)16)12-11(17)13-5-3-8(7-14)4-6-13/h8-9,14H,2-7H2,1H3,(H,12,17)(H,15,16)/t9-/m1/s1. The maximum Gasteiger partial charge on any atom is 0.326 e. The fourth-order valence-corrected chi connectivity index (χ4v) is 1.90. The number of aliphatic carboxylic acids is 1. The average molecular weight is 244 g/mol. The Morgan fingerprint density at radius 1 is 1.41 bits per heavy atom. The molecule has 1 aliphatic rings. The Morgan fingerprint density at radius 2 is 2.00 bits per heavy atom. The Labute approximate surface area is 101 Å². The number of hydrogen-bond acceptors (Lipinski definition) is 3. The zero-order chi connectivity index (χ0) is 12.8. The smallest absolute Gasteiger partial charge is 0.326 e. The summed E-state index contributed by atoms with van der Waals surface area (Å²) in [6.07, 6.45) is 1.91. The molecular weight excluding hydrogens is 224 g/mol. The van der Waals surface area contributed by atoms with Gasteiger partial charge in [-0.1, -0.05) is 6.92 Å². The van der Waals surface area contributed by atoms with Crippen LogP contribution in [0.3, 0.4) is 0 Å². The molecule has 6 heteroatoms. The molecule has 1 rings (SSSR count). The summed E-state index contributed by atoms with van der Waals surface area (Å²) in [6.45, 7) is 3.03. The van der Waals surface area contributed by atoms with E-state index in [4.69, 9.17) is 10.2 Å². The van der Waals surface area contributed by atoms with Crippen molar-refractivity contribution in [1.29, 1.82) is 0 Å². The number of amides is 2. The second kappa shape index (κ2) is 6.44. The number of aliphatic hydroxyl groups excluding tert-OH is 1. The summed E-state index contributed by atoms with van der Waals surface area (Å²) in [4.78, 5) is 24.1. The van der Waals surface area contributed by atoms with Crippen LogP contribution in [0.5, 0.6) is 0 Å². The van der Waals surface area contributed by atoms with Gasteiger partial charge in [0.1, 0.15) is 6.04 Å². The molecule has 0 saturated carbocycles. The molecule has 0 spiro atoms. The van der Waals surface area contributed by atoms with Gasteiger partial charge in [0.2, 0.25) is 0 Å². The Hall–Kier alpha value is -1.30. The van der Waals surface area contributed by atoms with Crippen LogP contribution in [0.1, 0.15) is 26.2 Å². The molecule has 0 radical (unpaired) electrons. The van der Waals surface area contributed by atoms with Crippen LogP contribution in [0.25, 0.3) is 0 Å². The molecule has 0 bridgehead atoms. The molecule has 0 unspecified atom stereocenters. The third-order valence-electron chi connectivity index (χ3n) is 3.16. The van der Waals surface area contributed by atoms with Crippen LogP contribution in [0, 0.1) is 5.92 Å². The van der Waals surface area contributed by atoms with E-state index < -0.39 is 12.0 Å². The fourth-order valence-electron chi connectivity index (χ4n) is 1.90. The van der Waals surface area contributed by atoms with Crippen LogP contribution < -0.4 is 5.32 Å². The molecular formula is C11H20N2O4. The molecule has 1 fully saturated rings. The van der Waals surface area contributed by atoms with Gasteiger partial charge >= 0.3 is 12.0 Å². The Morgan fingerprint density at radius 3 is 2.41 bits per heavy atom. The van der Waals surface area contributed by atoms with E-state index in [0.29, 0.717) is 19.5 Å². The SMILES string of the molecule is CC[C@@H](NC(=O)N1CCC(CO)CC1)C(=O)O. The lowest BCUT2D eigenvalue weighted by Crippen LogP contribution is -2.50. The van der Waals surface area contributed by atoms with Crippen LogP contribution in [0.15, 0.2) is 0 Å². The van der Waals surface area contributed by atoms with E-state index in [0.717, 1.165) is 12.8 Å². The molecule has 6 nitrogen and oxygen atoms in total. The molecule has 3 N–H and O–H groups in total. The van der Waals surface area contributed by atoms with Crippen LogP contribution in [0.2, 0.25) is 0 Å². The number of urea groups is 1. The van der Waals surface area contributed by atoms with E-state index in [2.05, 4.69) is 5.32 Å². The minimum absolute atomic E-state index is 0.155. The largest absolute Gasteiger partial charge is 0.480 e. The number of aliphatic hydroxyl groups is 1. The molecule has 0 aliphatic carbocycles. The van der Waals surface area contributed by atoms with E-state index in [-0.39, 0.29) is 18.6 Å². The van der Waals surface area contributed by atoms with Gasteiger partial charge in [-0.05, 0) is 25.2 Å². The molecule has 0 aromatic carbocycles. The highest BCUT2D eigenvalue weighted by molar-refractivity contribution is 5.82. The van der Waals surface area contributed by atoms with E-state index >= 15 is 0 Å². The number of nitrogens with one attached hydrogen (secondary N) is 1. The van der Waals surface area contributed by atoms with Crippen LogP contribution >= 0.6 is 0 Å². The summed E-state index contributed by atoms with van der Waals surface area (Å²) in [5.74, 6) is -0.744. The zero-order valence-corrected chi connectivity index (χ0v) is 10.1. The Balaban J connectivity index is 2.41. The summed E-state index contributed by atoms with van der Waals surface area (Å²) in [6, 6.07) is -1.14. The van der Waals surface area contributed by atoms with Crippen LogP contribution in [-0.2, 0) is 4.79 Å². The lowest BCUT2D eigenvalue weighted by molar-refractivity contribution is -0.139. The lowest BCUT2D eigenvalue weighted by Gasteiger charge is -2.31. The van der Waals surface area contributed by atoms with E-state index in [1.807, 2.05) is 0 Å². The first kappa shape index (κ1) is 13.8. The van der Waals surface area contributed by atoms with Crippen molar-refractivity contribution in [3.05, 3.63) is 0 Å². The second-order valence-corrected chi connectivity index (χ2v) is 4.36. The normalized spacial score (nSPS) is 18.8. The third kappa shape index (κ3) is 3.89. The van der Waals surface area contributed by atoms with Gasteiger partial charge in [0.15, 0.2) is 0 Å². The van der Waals surface area contributed by atoms with Crippen molar-refractivity contribution < 1.29 is 19.8 Å². The molecule has 17 heavy (non-hydrogen) atoms. The highest BCUT2D eigenvalue weighted by atomic mass is 16.4. The maximum atomic E-state index is 11.8. The van der Waals surface area contributed by atoms with Crippen molar-refractivity contribution in [1.82, 2.24) is 10.2 Å². The Kier molecular flexibility index (Phi) is 5.21. The van der Waals surface area contributed by atoms with Crippen molar-refractivity contribution in [2.75, 3.05) is 19.7 Å². The number of carboxylic acids is 1. The van der Waals surface area contributed by atoms with Crippen molar-refractivity contribution in [2.45, 2.75) is 32.2 Å². The number of carboxylic acid groups (broad SMARTS) is 1. The van der Waals surface area contributed by atoms with Crippen molar-refractivity contribution in [2.24, 2.45) is 5.92 Å². The van der Waals surface area contributed by atoms with Crippen molar-refractivity contribution in [3.8, 4) is 0 Å². The maximum absolute atomic E-state index is 11.8. The first-order chi connectivity index (χ1) is 8.08. The molecule has 0 aromatic rings. The predicted octanol–water partition coefficient (Wildman–Crippen LogP) is 0.263.